The molecular weight excluding hydrogens is 386 g/mol. The van der Waals surface area contributed by atoms with Crippen LogP contribution in [0.2, 0.25) is 0 Å². The number of hydrogen-bond acceptors (Lipinski definition) is 2. The fourth-order valence-corrected chi connectivity index (χ4v) is 4.57. The molecule has 3 rings (SSSR count). The first-order valence-electron chi connectivity index (χ1n) is 8.35. The van der Waals surface area contributed by atoms with E-state index in [9.17, 15) is 8.42 Å². The largest absolute Gasteiger partial charge is 0.280 e. The number of anilines is 1. The predicted molar refractivity (Wildman–Crippen MR) is 102 cm³/mol. The summed E-state index contributed by atoms with van der Waals surface area (Å²) in [6.45, 7) is 1.93. The number of aryl methyl sites for hydroxylation is 1. The van der Waals surface area contributed by atoms with Gasteiger partial charge >= 0.3 is 0 Å². The molecule has 24 heavy (non-hydrogen) atoms. The van der Waals surface area contributed by atoms with Crippen molar-refractivity contribution in [1.82, 2.24) is 0 Å². The first kappa shape index (κ1) is 17.5. The van der Waals surface area contributed by atoms with Crippen LogP contribution in [-0.2, 0) is 10.0 Å². The summed E-state index contributed by atoms with van der Waals surface area (Å²) in [5.41, 5.74) is 2.82. The number of halogens is 1. The molecule has 1 aliphatic rings. The van der Waals surface area contributed by atoms with Crippen LogP contribution in [0.25, 0.3) is 0 Å². The van der Waals surface area contributed by atoms with E-state index in [1.165, 1.54) is 37.7 Å². The molecule has 0 aliphatic heterocycles. The van der Waals surface area contributed by atoms with Crippen molar-refractivity contribution in [2.24, 2.45) is 0 Å². The van der Waals surface area contributed by atoms with Crippen LogP contribution in [0, 0.1) is 6.92 Å². The van der Waals surface area contributed by atoms with Crippen molar-refractivity contribution in [1.29, 1.82) is 0 Å². The second-order valence-electron chi connectivity index (χ2n) is 6.47. The fraction of sp³-hybridized carbons (Fsp3) is 0.368. The van der Waals surface area contributed by atoms with E-state index in [1.54, 1.807) is 18.2 Å². The summed E-state index contributed by atoms with van der Waals surface area (Å²) in [4.78, 5) is 0.308. The zero-order valence-corrected chi connectivity index (χ0v) is 16.2. The summed E-state index contributed by atoms with van der Waals surface area (Å²) in [6.07, 6.45) is 6.29. The number of rotatable bonds is 4. The van der Waals surface area contributed by atoms with E-state index in [2.05, 4.69) is 20.7 Å². The molecule has 128 valence electrons. The van der Waals surface area contributed by atoms with Gasteiger partial charge in [-0.3, -0.25) is 4.72 Å². The molecule has 2 aromatic carbocycles. The average molecular weight is 408 g/mol. The number of hydrogen-bond donors (Lipinski definition) is 1. The van der Waals surface area contributed by atoms with Gasteiger partial charge in [0.2, 0.25) is 0 Å². The Bertz CT molecular complexity index is 810. The Morgan fingerprint density at radius 3 is 2.29 bits per heavy atom. The van der Waals surface area contributed by atoms with Gasteiger partial charge in [-0.05, 0) is 67.1 Å². The van der Waals surface area contributed by atoms with Crippen molar-refractivity contribution in [3.63, 3.8) is 0 Å². The maximum atomic E-state index is 12.6. The summed E-state index contributed by atoms with van der Waals surface area (Å²) in [5, 5.41) is 0. The minimum absolute atomic E-state index is 0.308. The van der Waals surface area contributed by atoms with E-state index in [0.29, 0.717) is 16.5 Å². The van der Waals surface area contributed by atoms with Gasteiger partial charge in [0.15, 0.2) is 0 Å². The van der Waals surface area contributed by atoms with Crippen molar-refractivity contribution in [3.05, 3.63) is 58.1 Å². The predicted octanol–water partition coefficient (Wildman–Crippen LogP) is 5.61. The lowest BCUT2D eigenvalue weighted by molar-refractivity contribution is 0.443. The zero-order chi connectivity index (χ0) is 17.2. The van der Waals surface area contributed by atoms with Gasteiger partial charge in [-0.1, -0.05) is 47.3 Å². The summed E-state index contributed by atoms with van der Waals surface area (Å²) < 4.78 is 28.7. The smallest absolute Gasteiger partial charge is 0.261 e. The van der Waals surface area contributed by atoms with Gasteiger partial charge in [-0.15, -0.1) is 0 Å². The Hall–Kier alpha value is -1.33. The van der Waals surface area contributed by atoms with E-state index in [4.69, 9.17) is 0 Å². The third-order valence-electron chi connectivity index (χ3n) is 4.68. The molecule has 0 radical (unpaired) electrons. The third kappa shape index (κ3) is 4.01. The molecular formula is C19H22BrNO2S. The first-order chi connectivity index (χ1) is 11.5. The van der Waals surface area contributed by atoms with Crippen molar-refractivity contribution in [2.45, 2.75) is 49.8 Å². The van der Waals surface area contributed by atoms with Gasteiger partial charge in [0, 0.05) is 10.2 Å². The Morgan fingerprint density at radius 1 is 1.00 bits per heavy atom. The normalized spacial score (nSPS) is 16.1. The lowest BCUT2D eigenvalue weighted by atomic mass is 9.84. The third-order valence-corrected chi connectivity index (χ3v) is 6.96. The minimum Gasteiger partial charge on any atom is -0.280 e. The van der Waals surface area contributed by atoms with Crippen LogP contribution < -0.4 is 4.72 Å². The van der Waals surface area contributed by atoms with Crippen LogP contribution in [0.4, 0.5) is 5.69 Å². The molecule has 0 saturated heterocycles. The van der Waals surface area contributed by atoms with Gasteiger partial charge in [-0.2, -0.15) is 0 Å². The minimum atomic E-state index is -3.56. The molecule has 1 N–H and O–H groups in total. The maximum absolute atomic E-state index is 12.6. The molecule has 0 heterocycles. The van der Waals surface area contributed by atoms with Gasteiger partial charge in [-0.25, -0.2) is 8.42 Å². The first-order valence-corrected chi connectivity index (χ1v) is 10.6. The number of nitrogens with one attached hydrogen (secondary N) is 1. The van der Waals surface area contributed by atoms with E-state index in [-0.39, 0.29) is 0 Å². The molecule has 2 aromatic rings. The van der Waals surface area contributed by atoms with Crippen molar-refractivity contribution >= 4 is 31.6 Å². The highest BCUT2D eigenvalue weighted by molar-refractivity contribution is 9.10. The monoisotopic (exact) mass is 407 g/mol. The second kappa shape index (κ2) is 7.28. The Balaban J connectivity index is 1.77. The molecule has 0 unspecified atom stereocenters. The van der Waals surface area contributed by atoms with Gasteiger partial charge in [0.25, 0.3) is 10.0 Å². The van der Waals surface area contributed by atoms with Crippen LogP contribution in [0.15, 0.2) is 51.8 Å². The van der Waals surface area contributed by atoms with Crippen molar-refractivity contribution in [3.8, 4) is 0 Å². The second-order valence-corrected chi connectivity index (χ2v) is 9.01. The molecule has 0 amide bonds. The van der Waals surface area contributed by atoms with Crippen molar-refractivity contribution in [2.75, 3.05) is 4.72 Å². The number of sulfonamides is 1. The Morgan fingerprint density at radius 2 is 1.67 bits per heavy atom. The van der Waals surface area contributed by atoms with E-state index < -0.39 is 10.0 Å². The quantitative estimate of drug-likeness (QED) is 0.715. The van der Waals surface area contributed by atoms with E-state index in [0.717, 1.165) is 10.0 Å². The lowest BCUT2D eigenvalue weighted by Crippen LogP contribution is -2.13. The Kier molecular flexibility index (Phi) is 5.30. The van der Waals surface area contributed by atoms with Gasteiger partial charge in [0.1, 0.15) is 0 Å². The Labute approximate surface area is 152 Å². The van der Waals surface area contributed by atoms with E-state index >= 15 is 0 Å². The molecule has 0 bridgehead atoms. The molecule has 0 spiro atoms. The zero-order valence-electron chi connectivity index (χ0n) is 13.8. The average Bonchev–Trinajstić information content (AvgIpc) is 2.59. The maximum Gasteiger partial charge on any atom is 0.261 e. The summed E-state index contributed by atoms with van der Waals surface area (Å²) in [5.74, 6) is 0.581. The van der Waals surface area contributed by atoms with Crippen LogP contribution in [0.1, 0.15) is 49.1 Å². The standard InChI is InChI=1S/C19H22BrNO2S/c1-14-13-17(9-12-19(14)20)21-24(22,23)18-10-7-16(8-11-18)15-5-3-2-4-6-15/h7-13,15,21H,2-6H2,1H3. The molecule has 3 nitrogen and oxygen atoms in total. The highest BCUT2D eigenvalue weighted by Gasteiger charge is 2.18. The summed E-state index contributed by atoms with van der Waals surface area (Å²) in [6, 6.07) is 12.8. The molecule has 1 saturated carbocycles. The van der Waals surface area contributed by atoms with E-state index in [1.807, 2.05) is 31.2 Å². The molecule has 0 atom stereocenters. The molecule has 1 fully saturated rings. The summed E-state index contributed by atoms with van der Waals surface area (Å²) in [7, 11) is -3.56. The number of benzene rings is 2. The molecule has 0 aromatic heterocycles. The van der Waals surface area contributed by atoms with Crippen molar-refractivity contribution < 1.29 is 8.42 Å². The molecule has 1 aliphatic carbocycles. The summed E-state index contributed by atoms with van der Waals surface area (Å²) >= 11 is 3.42. The van der Waals surface area contributed by atoms with Gasteiger partial charge < -0.3 is 0 Å². The lowest BCUT2D eigenvalue weighted by Gasteiger charge is -2.22. The molecule has 5 heteroatoms. The SMILES string of the molecule is Cc1cc(NS(=O)(=O)c2ccc(C3CCCCC3)cc2)ccc1Br. The highest BCUT2D eigenvalue weighted by atomic mass is 79.9. The van der Waals surface area contributed by atoms with Crippen LogP contribution in [0.3, 0.4) is 0 Å². The van der Waals surface area contributed by atoms with Crippen LogP contribution in [0.5, 0.6) is 0 Å². The fourth-order valence-electron chi connectivity index (χ4n) is 3.28. The highest BCUT2D eigenvalue weighted by Crippen LogP contribution is 2.33. The van der Waals surface area contributed by atoms with Crippen LogP contribution in [-0.4, -0.2) is 8.42 Å². The van der Waals surface area contributed by atoms with Gasteiger partial charge in [0.05, 0.1) is 4.90 Å². The van der Waals surface area contributed by atoms with Crippen LogP contribution >= 0.6 is 15.9 Å². The topological polar surface area (TPSA) is 46.2 Å².